The quantitative estimate of drug-likeness (QED) is 0.863. The second kappa shape index (κ2) is 8.15. The third-order valence-electron chi connectivity index (χ3n) is 4.65. The van der Waals surface area contributed by atoms with Crippen LogP contribution in [-0.4, -0.2) is 75.0 Å². The zero-order valence-corrected chi connectivity index (χ0v) is 15.1. The average molecular weight is 332 g/mol. The van der Waals surface area contributed by atoms with Gasteiger partial charge in [0.05, 0.1) is 0 Å². The third kappa shape index (κ3) is 4.47. The molecule has 1 aliphatic heterocycles. The molecular weight excluding hydrogens is 304 g/mol. The molecule has 2 rings (SSSR count). The van der Waals surface area contributed by atoms with Crippen molar-refractivity contribution in [2.45, 2.75) is 19.4 Å². The second-order valence-corrected chi connectivity index (χ2v) is 6.46. The number of benzene rings is 1. The fourth-order valence-corrected chi connectivity index (χ4v) is 2.97. The van der Waals surface area contributed by atoms with Gasteiger partial charge in [-0.1, -0.05) is 12.1 Å². The van der Waals surface area contributed by atoms with Gasteiger partial charge in [0.15, 0.2) is 0 Å². The van der Waals surface area contributed by atoms with E-state index in [1.54, 1.807) is 7.05 Å². The van der Waals surface area contributed by atoms with Crippen molar-refractivity contribution in [3.05, 3.63) is 29.8 Å². The summed E-state index contributed by atoms with van der Waals surface area (Å²) in [6, 6.07) is 7.99. The molecule has 0 aromatic heterocycles. The van der Waals surface area contributed by atoms with Gasteiger partial charge in [0.25, 0.3) is 0 Å². The molecule has 6 heteroatoms. The molecule has 2 amide bonds. The standard InChI is InChI=1S/C18H28N4O2/c1-14-6-5-7-15(12-14)20(3)9-8-17(23)22-11-10-21(4)16(13-22)18(24)19-2/h5-7,12,16H,8-11,13H2,1-4H3,(H,19,24)/t16-/m1/s1. The number of amides is 2. The zero-order valence-electron chi connectivity index (χ0n) is 15.1. The van der Waals surface area contributed by atoms with Crippen molar-refractivity contribution < 1.29 is 9.59 Å². The lowest BCUT2D eigenvalue weighted by Gasteiger charge is -2.38. The number of nitrogens with zero attached hydrogens (tertiary/aromatic N) is 3. The first-order valence-corrected chi connectivity index (χ1v) is 8.39. The summed E-state index contributed by atoms with van der Waals surface area (Å²) in [6.07, 6.45) is 0.453. The van der Waals surface area contributed by atoms with Crippen molar-refractivity contribution in [2.24, 2.45) is 0 Å². The lowest BCUT2D eigenvalue weighted by molar-refractivity contribution is -0.137. The van der Waals surface area contributed by atoms with E-state index in [0.29, 0.717) is 26.1 Å². The summed E-state index contributed by atoms with van der Waals surface area (Å²) < 4.78 is 0. The molecule has 0 saturated carbocycles. The first kappa shape index (κ1) is 18.3. The number of anilines is 1. The molecule has 0 unspecified atom stereocenters. The molecule has 24 heavy (non-hydrogen) atoms. The van der Waals surface area contributed by atoms with E-state index in [0.717, 1.165) is 12.2 Å². The van der Waals surface area contributed by atoms with E-state index >= 15 is 0 Å². The van der Waals surface area contributed by atoms with Crippen LogP contribution in [0, 0.1) is 6.92 Å². The van der Waals surface area contributed by atoms with E-state index in [2.05, 4.69) is 35.3 Å². The molecule has 1 N–H and O–H groups in total. The lowest BCUT2D eigenvalue weighted by Crippen LogP contribution is -2.58. The monoisotopic (exact) mass is 332 g/mol. The Bertz CT molecular complexity index is 590. The lowest BCUT2D eigenvalue weighted by atomic mass is 10.1. The molecule has 6 nitrogen and oxygen atoms in total. The summed E-state index contributed by atoms with van der Waals surface area (Å²) in [5, 5.41) is 2.67. The maximum Gasteiger partial charge on any atom is 0.238 e. The van der Waals surface area contributed by atoms with E-state index in [9.17, 15) is 9.59 Å². The minimum Gasteiger partial charge on any atom is -0.374 e. The van der Waals surface area contributed by atoms with Gasteiger partial charge in [-0.05, 0) is 31.7 Å². The van der Waals surface area contributed by atoms with Gasteiger partial charge in [-0.3, -0.25) is 14.5 Å². The predicted octanol–water partition coefficient (Wildman–Crippen LogP) is 0.710. The van der Waals surface area contributed by atoms with Crippen LogP contribution in [0.1, 0.15) is 12.0 Å². The molecule has 1 fully saturated rings. The Kier molecular flexibility index (Phi) is 6.20. The fraction of sp³-hybridized carbons (Fsp3) is 0.556. The Morgan fingerprint density at radius 2 is 2.08 bits per heavy atom. The third-order valence-corrected chi connectivity index (χ3v) is 4.65. The van der Waals surface area contributed by atoms with Gasteiger partial charge < -0.3 is 15.1 Å². The highest BCUT2D eigenvalue weighted by Crippen LogP contribution is 2.15. The zero-order chi connectivity index (χ0) is 17.7. The van der Waals surface area contributed by atoms with Crippen molar-refractivity contribution in [3.8, 4) is 0 Å². The topological polar surface area (TPSA) is 55.9 Å². The molecule has 1 atom stereocenters. The number of nitrogens with one attached hydrogen (secondary N) is 1. The number of hydrogen-bond donors (Lipinski definition) is 1. The van der Waals surface area contributed by atoms with E-state index in [1.807, 2.05) is 30.0 Å². The highest BCUT2D eigenvalue weighted by Gasteiger charge is 2.31. The highest BCUT2D eigenvalue weighted by molar-refractivity contribution is 5.83. The van der Waals surface area contributed by atoms with Crippen molar-refractivity contribution in [1.29, 1.82) is 0 Å². The van der Waals surface area contributed by atoms with Gasteiger partial charge in [-0.25, -0.2) is 0 Å². The van der Waals surface area contributed by atoms with Crippen LogP contribution >= 0.6 is 0 Å². The number of piperazine rings is 1. The Morgan fingerprint density at radius 3 is 2.75 bits per heavy atom. The SMILES string of the molecule is CNC(=O)[C@H]1CN(C(=O)CCN(C)c2cccc(C)c2)CCN1C. The number of carbonyl (C=O) groups excluding carboxylic acids is 2. The van der Waals surface area contributed by atoms with Gasteiger partial charge >= 0.3 is 0 Å². The van der Waals surface area contributed by atoms with Crippen LogP contribution in [0.4, 0.5) is 5.69 Å². The van der Waals surface area contributed by atoms with Crippen LogP contribution in [0.15, 0.2) is 24.3 Å². The Labute approximate surface area is 144 Å². The molecule has 0 bridgehead atoms. The van der Waals surface area contributed by atoms with Crippen LogP contribution in [-0.2, 0) is 9.59 Å². The van der Waals surface area contributed by atoms with Crippen molar-refractivity contribution in [2.75, 3.05) is 52.2 Å². The summed E-state index contributed by atoms with van der Waals surface area (Å²) in [4.78, 5) is 30.3. The van der Waals surface area contributed by atoms with E-state index in [-0.39, 0.29) is 17.9 Å². The van der Waals surface area contributed by atoms with Gasteiger partial charge in [0, 0.05) is 52.4 Å². The summed E-state index contributed by atoms with van der Waals surface area (Å²) in [5.74, 6) is 0.0726. The van der Waals surface area contributed by atoms with Crippen LogP contribution < -0.4 is 10.2 Å². The molecule has 1 saturated heterocycles. The summed E-state index contributed by atoms with van der Waals surface area (Å²) in [5.41, 5.74) is 2.32. The molecule has 0 radical (unpaired) electrons. The van der Waals surface area contributed by atoms with Gasteiger partial charge in [-0.2, -0.15) is 0 Å². The van der Waals surface area contributed by atoms with E-state index in [1.165, 1.54) is 5.56 Å². The largest absolute Gasteiger partial charge is 0.374 e. The number of likely N-dealkylation sites (N-methyl/N-ethyl adjacent to an activating group) is 2. The number of carbonyl (C=O) groups is 2. The number of rotatable bonds is 5. The normalized spacial score (nSPS) is 18.3. The Hall–Kier alpha value is -2.08. The maximum atomic E-state index is 12.5. The van der Waals surface area contributed by atoms with E-state index < -0.39 is 0 Å². The van der Waals surface area contributed by atoms with Crippen LogP contribution in [0.3, 0.4) is 0 Å². The summed E-state index contributed by atoms with van der Waals surface area (Å²) in [7, 11) is 5.56. The minimum absolute atomic E-state index is 0.0353. The molecule has 132 valence electrons. The Balaban J connectivity index is 1.89. The summed E-state index contributed by atoms with van der Waals surface area (Å²) in [6.45, 7) is 4.59. The van der Waals surface area contributed by atoms with Crippen molar-refractivity contribution >= 4 is 17.5 Å². The summed E-state index contributed by atoms with van der Waals surface area (Å²) >= 11 is 0. The predicted molar refractivity (Wildman–Crippen MR) is 96.1 cm³/mol. The van der Waals surface area contributed by atoms with Crippen LogP contribution in [0.25, 0.3) is 0 Å². The maximum absolute atomic E-state index is 12.5. The molecular formula is C18H28N4O2. The molecule has 1 heterocycles. The van der Waals surface area contributed by atoms with Crippen LogP contribution in [0.5, 0.6) is 0 Å². The molecule has 0 spiro atoms. The smallest absolute Gasteiger partial charge is 0.238 e. The number of aryl methyl sites for hydroxylation is 1. The first-order chi connectivity index (χ1) is 11.4. The molecule has 1 aliphatic rings. The van der Waals surface area contributed by atoms with E-state index in [4.69, 9.17) is 0 Å². The molecule has 1 aromatic rings. The highest BCUT2D eigenvalue weighted by atomic mass is 16.2. The Morgan fingerprint density at radius 1 is 1.33 bits per heavy atom. The van der Waals surface area contributed by atoms with Crippen molar-refractivity contribution in [3.63, 3.8) is 0 Å². The van der Waals surface area contributed by atoms with Gasteiger partial charge in [0.2, 0.25) is 11.8 Å². The molecule has 1 aromatic carbocycles. The fourth-order valence-electron chi connectivity index (χ4n) is 2.97. The average Bonchev–Trinajstić information content (AvgIpc) is 2.59. The number of hydrogen-bond acceptors (Lipinski definition) is 4. The first-order valence-electron chi connectivity index (χ1n) is 8.39. The minimum atomic E-state index is -0.262. The van der Waals surface area contributed by atoms with Crippen LogP contribution in [0.2, 0.25) is 0 Å². The van der Waals surface area contributed by atoms with Gasteiger partial charge in [-0.15, -0.1) is 0 Å². The molecule has 0 aliphatic carbocycles. The van der Waals surface area contributed by atoms with Crippen molar-refractivity contribution in [1.82, 2.24) is 15.1 Å². The van der Waals surface area contributed by atoms with Gasteiger partial charge in [0.1, 0.15) is 6.04 Å². The second-order valence-electron chi connectivity index (χ2n) is 6.46.